The summed E-state index contributed by atoms with van der Waals surface area (Å²) in [6.07, 6.45) is 0. The standard InChI is InChI=1S/C20H16N2O2S/c1-13-16-9-5-6-10-17(16)24-18(13)19(23)21-11-15-12-25-20(22-15)14-7-3-2-4-8-14/h2-10,12H,11H2,1H3,(H,21,23). The number of carbonyl (C=O) groups is 1. The minimum Gasteiger partial charge on any atom is -0.451 e. The maximum atomic E-state index is 12.5. The van der Waals surface area contributed by atoms with E-state index < -0.39 is 0 Å². The van der Waals surface area contributed by atoms with Crippen LogP contribution in [0.3, 0.4) is 0 Å². The van der Waals surface area contributed by atoms with Gasteiger partial charge in [-0.3, -0.25) is 4.79 Å². The number of hydrogen-bond donors (Lipinski definition) is 1. The van der Waals surface area contributed by atoms with Crippen molar-refractivity contribution in [3.05, 3.63) is 77.0 Å². The molecule has 2 aromatic heterocycles. The molecule has 124 valence electrons. The van der Waals surface area contributed by atoms with E-state index in [1.165, 1.54) is 0 Å². The second kappa shape index (κ2) is 6.53. The summed E-state index contributed by atoms with van der Waals surface area (Å²) in [4.78, 5) is 17.0. The zero-order chi connectivity index (χ0) is 17.2. The number of nitrogens with one attached hydrogen (secondary N) is 1. The van der Waals surface area contributed by atoms with E-state index in [0.29, 0.717) is 12.3 Å². The van der Waals surface area contributed by atoms with Gasteiger partial charge in [0.15, 0.2) is 5.76 Å². The third kappa shape index (κ3) is 3.06. The number of fused-ring (bicyclic) bond motifs is 1. The number of furan rings is 1. The van der Waals surface area contributed by atoms with Gasteiger partial charge in [-0.15, -0.1) is 11.3 Å². The maximum Gasteiger partial charge on any atom is 0.287 e. The van der Waals surface area contributed by atoms with Gasteiger partial charge in [0.25, 0.3) is 5.91 Å². The van der Waals surface area contributed by atoms with E-state index in [-0.39, 0.29) is 5.91 Å². The molecule has 0 aliphatic carbocycles. The highest BCUT2D eigenvalue weighted by atomic mass is 32.1. The van der Waals surface area contributed by atoms with Crippen molar-refractivity contribution in [1.82, 2.24) is 10.3 Å². The Balaban J connectivity index is 1.48. The summed E-state index contributed by atoms with van der Waals surface area (Å²) >= 11 is 1.57. The zero-order valence-electron chi connectivity index (χ0n) is 13.7. The Kier molecular flexibility index (Phi) is 4.07. The summed E-state index contributed by atoms with van der Waals surface area (Å²) < 4.78 is 5.69. The molecule has 4 aromatic rings. The van der Waals surface area contributed by atoms with E-state index in [1.807, 2.05) is 66.9 Å². The molecule has 0 bridgehead atoms. The maximum absolute atomic E-state index is 12.5. The molecule has 0 atom stereocenters. The van der Waals surface area contributed by atoms with Gasteiger partial charge in [0.1, 0.15) is 10.6 Å². The lowest BCUT2D eigenvalue weighted by molar-refractivity contribution is 0.0924. The molecule has 0 aliphatic rings. The fourth-order valence-electron chi connectivity index (χ4n) is 2.74. The normalized spacial score (nSPS) is 10.9. The molecule has 0 saturated heterocycles. The molecule has 1 N–H and O–H groups in total. The largest absolute Gasteiger partial charge is 0.451 e. The molecular weight excluding hydrogens is 332 g/mol. The Morgan fingerprint density at radius 2 is 1.88 bits per heavy atom. The van der Waals surface area contributed by atoms with Crippen LogP contribution in [-0.2, 0) is 6.54 Å². The van der Waals surface area contributed by atoms with Gasteiger partial charge >= 0.3 is 0 Å². The van der Waals surface area contributed by atoms with Crippen molar-refractivity contribution in [3.63, 3.8) is 0 Å². The van der Waals surface area contributed by atoms with Crippen molar-refractivity contribution < 1.29 is 9.21 Å². The zero-order valence-corrected chi connectivity index (χ0v) is 14.5. The molecule has 2 aromatic carbocycles. The number of amides is 1. The molecule has 5 heteroatoms. The minimum absolute atomic E-state index is 0.219. The molecule has 2 heterocycles. The molecular formula is C20H16N2O2S. The van der Waals surface area contributed by atoms with Gasteiger partial charge in [0.2, 0.25) is 0 Å². The van der Waals surface area contributed by atoms with E-state index in [2.05, 4.69) is 10.3 Å². The summed E-state index contributed by atoms with van der Waals surface area (Å²) in [5, 5.41) is 6.77. The SMILES string of the molecule is Cc1c(C(=O)NCc2csc(-c3ccccc3)n2)oc2ccccc12. The van der Waals surface area contributed by atoms with Crippen LogP contribution in [0.5, 0.6) is 0 Å². The molecule has 0 saturated carbocycles. The third-order valence-electron chi connectivity index (χ3n) is 4.05. The Labute approximate surface area is 149 Å². The number of benzene rings is 2. The van der Waals surface area contributed by atoms with Gasteiger partial charge in [-0.25, -0.2) is 4.98 Å². The highest BCUT2D eigenvalue weighted by molar-refractivity contribution is 7.13. The van der Waals surface area contributed by atoms with Crippen LogP contribution in [0.2, 0.25) is 0 Å². The predicted octanol–water partition coefficient (Wildman–Crippen LogP) is 4.79. The van der Waals surface area contributed by atoms with Crippen molar-refractivity contribution in [3.8, 4) is 10.6 Å². The summed E-state index contributed by atoms with van der Waals surface area (Å²) in [5.74, 6) is 0.141. The number of para-hydroxylation sites is 1. The fourth-order valence-corrected chi connectivity index (χ4v) is 3.57. The first-order chi connectivity index (χ1) is 12.2. The highest BCUT2D eigenvalue weighted by Gasteiger charge is 2.17. The number of carbonyl (C=O) groups excluding carboxylic acids is 1. The Morgan fingerprint density at radius 3 is 2.68 bits per heavy atom. The van der Waals surface area contributed by atoms with Crippen LogP contribution in [0.4, 0.5) is 0 Å². The first-order valence-electron chi connectivity index (χ1n) is 7.98. The average Bonchev–Trinajstić information content (AvgIpc) is 3.26. The van der Waals surface area contributed by atoms with Gasteiger partial charge in [-0.1, -0.05) is 48.5 Å². The number of rotatable bonds is 4. The molecule has 25 heavy (non-hydrogen) atoms. The fraction of sp³-hybridized carbons (Fsp3) is 0.100. The van der Waals surface area contributed by atoms with E-state index >= 15 is 0 Å². The van der Waals surface area contributed by atoms with Crippen molar-refractivity contribution >= 4 is 28.2 Å². The van der Waals surface area contributed by atoms with Crippen LogP contribution in [0.15, 0.2) is 64.4 Å². The first-order valence-corrected chi connectivity index (χ1v) is 8.86. The van der Waals surface area contributed by atoms with Crippen LogP contribution in [0, 0.1) is 6.92 Å². The molecule has 0 unspecified atom stereocenters. The Bertz CT molecular complexity index is 1030. The topological polar surface area (TPSA) is 55.1 Å². The van der Waals surface area contributed by atoms with E-state index in [4.69, 9.17) is 4.42 Å². The number of hydrogen-bond acceptors (Lipinski definition) is 4. The summed E-state index contributed by atoms with van der Waals surface area (Å²) in [6.45, 7) is 2.27. The molecule has 4 nitrogen and oxygen atoms in total. The van der Waals surface area contributed by atoms with Crippen molar-refractivity contribution in [2.75, 3.05) is 0 Å². The molecule has 0 radical (unpaired) electrons. The number of aryl methyl sites for hydroxylation is 1. The predicted molar refractivity (Wildman–Crippen MR) is 99.7 cm³/mol. The first kappa shape index (κ1) is 15.6. The van der Waals surface area contributed by atoms with E-state index in [1.54, 1.807) is 11.3 Å². The molecule has 0 aliphatic heterocycles. The molecule has 1 amide bonds. The van der Waals surface area contributed by atoms with Crippen LogP contribution >= 0.6 is 11.3 Å². The summed E-state index contributed by atoms with van der Waals surface area (Å²) in [5.41, 5.74) is 3.51. The number of aromatic nitrogens is 1. The van der Waals surface area contributed by atoms with Crippen molar-refractivity contribution in [2.24, 2.45) is 0 Å². The van der Waals surface area contributed by atoms with Gasteiger partial charge in [0, 0.05) is 21.9 Å². The van der Waals surface area contributed by atoms with Gasteiger partial charge in [0.05, 0.1) is 12.2 Å². The summed E-state index contributed by atoms with van der Waals surface area (Å²) in [7, 11) is 0. The average molecular weight is 348 g/mol. The Morgan fingerprint density at radius 1 is 1.12 bits per heavy atom. The minimum atomic E-state index is -0.219. The van der Waals surface area contributed by atoms with Crippen LogP contribution in [-0.4, -0.2) is 10.9 Å². The van der Waals surface area contributed by atoms with Crippen LogP contribution in [0.25, 0.3) is 21.5 Å². The lowest BCUT2D eigenvalue weighted by Crippen LogP contribution is -2.23. The smallest absolute Gasteiger partial charge is 0.287 e. The van der Waals surface area contributed by atoms with Crippen LogP contribution in [0.1, 0.15) is 21.8 Å². The summed E-state index contributed by atoms with van der Waals surface area (Å²) in [6, 6.07) is 17.7. The monoisotopic (exact) mass is 348 g/mol. The Hall–Kier alpha value is -2.92. The second-order valence-corrected chi connectivity index (χ2v) is 6.60. The number of thiazole rings is 1. The number of nitrogens with zero attached hydrogens (tertiary/aromatic N) is 1. The van der Waals surface area contributed by atoms with Gasteiger partial charge in [-0.05, 0) is 13.0 Å². The highest BCUT2D eigenvalue weighted by Crippen LogP contribution is 2.25. The van der Waals surface area contributed by atoms with E-state index in [9.17, 15) is 4.79 Å². The van der Waals surface area contributed by atoms with Crippen LogP contribution < -0.4 is 5.32 Å². The molecule has 4 rings (SSSR count). The van der Waals surface area contributed by atoms with Crippen molar-refractivity contribution in [1.29, 1.82) is 0 Å². The molecule has 0 fully saturated rings. The lowest BCUT2D eigenvalue weighted by Gasteiger charge is -2.01. The second-order valence-electron chi connectivity index (χ2n) is 5.75. The van der Waals surface area contributed by atoms with Gasteiger partial charge in [-0.2, -0.15) is 0 Å². The lowest BCUT2D eigenvalue weighted by atomic mass is 10.1. The van der Waals surface area contributed by atoms with E-state index in [0.717, 1.165) is 32.8 Å². The third-order valence-corrected chi connectivity index (χ3v) is 4.99. The molecule has 0 spiro atoms. The quantitative estimate of drug-likeness (QED) is 0.577. The van der Waals surface area contributed by atoms with Gasteiger partial charge < -0.3 is 9.73 Å². The van der Waals surface area contributed by atoms with Crippen molar-refractivity contribution in [2.45, 2.75) is 13.5 Å².